The summed E-state index contributed by atoms with van der Waals surface area (Å²) in [5.74, 6) is -0.820. The van der Waals surface area contributed by atoms with Crippen LogP contribution in [-0.2, 0) is 16.0 Å². The Morgan fingerprint density at radius 1 is 0.714 bits per heavy atom. The van der Waals surface area contributed by atoms with E-state index in [2.05, 4.69) is 9.80 Å². The van der Waals surface area contributed by atoms with E-state index in [1.807, 2.05) is 0 Å². The summed E-state index contributed by atoms with van der Waals surface area (Å²) in [6.45, 7) is 4.79. The number of carbonyl (C=O) groups excluding carboxylic acids is 1. The van der Waals surface area contributed by atoms with Gasteiger partial charge in [0.1, 0.15) is 23.6 Å². The minimum Gasteiger partial charge on any atom is -0.367 e. The van der Waals surface area contributed by atoms with Crippen LogP contribution in [-0.4, -0.2) is 61.5 Å². The van der Waals surface area contributed by atoms with Crippen LogP contribution in [0.3, 0.4) is 0 Å². The van der Waals surface area contributed by atoms with Gasteiger partial charge in [-0.15, -0.1) is 0 Å². The molecule has 4 nitrogen and oxygen atoms in total. The maximum Gasteiger partial charge on any atom is 0.151 e. The van der Waals surface area contributed by atoms with Crippen molar-refractivity contribution in [2.75, 3.05) is 45.9 Å². The van der Waals surface area contributed by atoms with Crippen LogP contribution in [0.15, 0.2) is 72.8 Å². The lowest BCUT2D eigenvalue weighted by Crippen LogP contribution is -2.48. The average molecular weight is 483 g/mol. The molecule has 1 fully saturated rings. The van der Waals surface area contributed by atoms with E-state index >= 15 is 0 Å². The topological polar surface area (TPSA) is 32.8 Å². The first-order chi connectivity index (χ1) is 17.0. The van der Waals surface area contributed by atoms with Crippen molar-refractivity contribution in [3.8, 4) is 0 Å². The predicted molar refractivity (Wildman–Crippen MR) is 129 cm³/mol. The highest BCUT2D eigenvalue weighted by Crippen LogP contribution is 2.26. The highest BCUT2D eigenvalue weighted by Gasteiger charge is 2.20. The van der Waals surface area contributed by atoms with Crippen LogP contribution in [0.25, 0.3) is 0 Å². The third-order valence-corrected chi connectivity index (χ3v) is 6.22. The largest absolute Gasteiger partial charge is 0.367 e. The van der Waals surface area contributed by atoms with Gasteiger partial charge in [-0.05, 0) is 53.1 Å². The molecule has 0 aromatic heterocycles. The number of benzene rings is 3. The molecule has 3 aromatic carbocycles. The molecular formula is C28H29F3N2O2. The Kier molecular flexibility index (Phi) is 8.69. The first-order valence-corrected chi connectivity index (χ1v) is 11.8. The van der Waals surface area contributed by atoms with Gasteiger partial charge in [0.05, 0.1) is 13.2 Å². The van der Waals surface area contributed by atoms with Crippen LogP contribution in [0.4, 0.5) is 13.2 Å². The fourth-order valence-electron chi connectivity index (χ4n) is 4.27. The molecule has 1 heterocycles. The Bertz CT molecular complexity index is 1040. The van der Waals surface area contributed by atoms with Gasteiger partial charge in [-0.2, -0.15) is 0 Å². The SMILES string of the molecule is O=C(Cc1ccc(F)cc1)CN1CCN(CCOC(c2ccc(F)cc2)c2ccc(F)cc2)CC1. The number of halogens is 3. The number of hydrogen-bond donors (Lipinski definition) is 0. The lowest BCUT2D eigenvalue weighted by Gasteiger charge is -2.34. The number of ether oxygens (including phenoxy) is 1. The molecule has 0 unspecified atom stereocenters. The summed E-state index contributed by atoms with van der Waals surface area (Å²) in [6.07, 6.45) is -0.107. The summed E-state index contributed by atoms with van der Waals surface area (Å²) in [7, 11) is 0. The Labute approximate surface area is 203 Å². The maximum absolute atomic E-state index is 13.4. The number of hydrogen-bond acceptors (Lipinski definition) is 4. The smallest absolute Gasteiger partial charge is 0.151 e. The third kappa shape index (κ3) is 7.49. The molecule has 1 aliphatic rings. The van der Waals surface area contributed by atoms with Crippen molar-refractivity contribution in [3.05, 3.63) is 107 Å². The maximum atomic E-state index is 13.4. The average Bonchev–Trinajstić information content (AvgIpc) is 2.86. The van der Waals surface area contributed by atoms with Crippen molar-refractivity contribution in [2.24, 2.45) is 0 Å². The summed E-state index contributed by atoms with van der Waals surface area (Å²) in [5, 5.41) is 0. The molecule has 184 valence electrons. The zero-order valence-corrected chi connectivity index (χ0v) is 19.5. The standard InChI is InChI=1S/C28H29F3N2O2/c29-24-7-1-21(2-8-24)19-27(34)20-33-15-13-32(14-16-33)17-18-35-28(22-3-9-25(30)10-4-22)23-5-11-26(31)12-6-23/h1-12,28H,13-20H2. The Morgan fingerprint density at radius 2 is 1.17 bits per heavy atom. The molecule has 0 radical (unpaired) electrons. The van der Waals surface area contributed by atoms with Crippen molar-refractivity contribution in [1.29, 1.82) is 0 Å². The van der Waals surface area contributed by atoms with Crippen LogP contribution in [0.1, 0.15) is 22.8 Å². The molecule has 1 saturated heterocycles. The van der Waals surface area contributed by atoms with Crippen molar-refractivity contribution in [2.45, 2.75) is 12.5 Å². The number of carbonyl (C=O) groups is 1. The fourth-order valence-corrected chi connectivity index (χ4v) is 4.27. The Hall–Kier alpha value is -3.00. The highest BCUT2D eigenvalue weighted by atomic mass is 19.1. The van der Waals surface area contributed by atoms with E-state index in [9.17, 15) is 18.0 Å². The van der Waals surface area contributed by atoms with E-state index in [-0.39, 0.29) is 23.2 Å². The van der Waals surface area contributed by atoms with Gasteiger partial charge in [0, 0.05) is 39.1 Å². The van der Waals surface area contributed by atoms with Crippen LogP contribution in [0.2, 0.25) is 0 Å². The molecule has 0 bridgehead atoms. The lowest BCUT2D eigenvalue weighted by molar-refractivity contribution is -0.120. The first kappa shape index (κ1) is 25.1. The Morgan fingerprint density at radius 3 is 1.69 bits per heavy atom. The van der Waals surface area contributed by atoms with E-state index < -0.39 is 6.10 Å². The second kappa shape index (κ2) is 12.1. The van der Waals surface area contributed by atoms with Crippen LogP contribution in [0, 0.1) is 17.5 Å². The van der Waals surface area contributed by atoms with E-state index in [0.29, 0.717) is 19.6 Å². The number of ketones is 1. The molecule has 0 aliphatic carbocycles. The van der Waals surface area contributed by atoms with E-state index in [4.69, 9.17) is 4.74 Å². The summed E-state index contributed by atoms with van der Waals surface area (Å²) >= 11 is 0. The van der Waals surface area contributed by atoms with Crippen molar-refractivity contribution in [1.82, 2.24) is 9.80 Å². The number of nitrogens with zero attached hydrogens (tertiary/aromatic N) is 2. The number of piperazine rings is 1. The minimum atomic E-state index is -0.415. The summed E-state index contributed by atoms with van der Waals surface area (Å²) in [4.78, 5) is 16.8. The highest BCUT2D eigenvalue weighted by molar-refractivity contribution is 5.82. The fraction of sp³-hybridized carbons (Fsp3) is 0.321. The van der Waals surface area contributed by atoms with Gasteiger partial charge in [-0.1, -0.05) is 36.4 Å². The summed E-state index contributed by atoms with van der Waals surface area (Å²) in [5.41, 5.74) is 2.44. The molecule has 4 rings (SSSR count). The van der Waals surface area contributed by atoms with Crippen molar-refractivity contribution in [3.63, 3.8) is 0 Å². The second-order valence-electron chi connectivity index (χ2n) is 8.81. The zero-order chi connectivity index (χ0) is 24.6. The van der Waals surface area contributed by atoms with Crippen LogP contribution < -0.4 is 0 Å². The molecule has 0 N–H and O–H groups in total. The minimum absolute atomic E-state index is 0.120. The molecular weight excluding hydrogens is 453 g/mol. The van der Waals surface area contributed by atoms with E-state index in [1.54, 1.807) is 36.4 Å². The third-order valence-electron chi connectivity index (χ3n) is 6.22. The number of rotatable bonds is 10. The molecule has 0 atom stereocenters. The van der Waals surface area contributed by atoms with Crippen LogP contribution in [0.5, 0.6) is 0 Å². The van der Waals surface area contributed by atoms with E-state index in [1.165, 1.54) is 36.4 Å². The van der Waals surface area contributed by atoms with Gasteiger partial charge in [-0.3, -0.25) is 14.6 Å². The molecule has 35 heavy (non-hydrogen) atoms. The molecule has 0 spiro atoms. The van der Waals surface area contributed by atoms with Crippen LogP contribution >= 0.6 is 0 Å². The van der Waals surface area contributed by atoms with Gasteiger partial charge in [0.15, 0.2) is 5.78 Å². The predicted octanol–water partition coefficient (Wildman–Crippen LogP) is 4.64. The molecule has 0 saturated carbocycles. The summed E-state index contributed by atoms with van der Waals surface area (Å²) < 4.78 is 46.0. The van der Waals surface area contributed by atoms with E-state index in [0.717, 1.165) is 49.4 Å². The lowest BCUT2D eigenvalue weighted by atomic mass is 10.0. The second-order valence-corrected chi connectivity index (χ2v) is 8.81. The molecule has 1 aliphatic heterocycles. The molecule has 3 aromatic rings. The zero-order valence-electron chi connectivity index (χ0n) is 19.5. The van der Waals surface area contributed by atoms with Gasteiger partial charge >= 0.3 is 0 Å². The molecule has 7 heteroatoms. The van der Waals surface area contributed by atoms with Gasteiger partial charge in [0.25, 0.3) is 0 Å². The quantitative estimate of drug-likeness (QED) is 0.422. The monoisotopic (exact) mass is 482 g/mol. The van der Waals surface area contributed by atoms with Crippen molar-refractivity contribution < 1.29 is 22.7 Å². The normalized spacial score (nSPS) is 15.0. The van der Waals surface area contributed by atoms with Gasteiger partial charge in [0.2, 0.25) is 0 Å². The summed E-state index contributed by atoms with van der Waals surface area (Å²) in [6, 6.07) is 18.4. The number of Topliss-reactive ketones (excluding diaryl/α,β-unsaturated/α-hetero) is 1. The van der Waals surface area contributed by atoms with Crippen molar-refractivity contribution >= 4 is 5.78 Å². The van der Waals surface area contributed by atoms with Gasteiger partial charge < -0.3 is 4.74 Å². The molecule has 0 amide bonds. The Balaban J connectivity index is 1.24. The van der Waals surface area contributed by atoms with Gasteiger partial charge in [-0.25, -0.2) is 13.2 Å². The first-order valence-electron chi connectivity index (χ1n) is 11.8.